The third kappa shape index (κ3) is 3.04. The molecule has 0 aliphatic rings. The van der Waals surface area contributed by atoms with Crippen molar-refractivity contribution in [2.45, 2.75) is 58.9 Å². The summed E-state index contributed by atoms with van der Waals surface area (Å²) in [7, 11) is -2.51. The SMILES string of the molecule is C[Si](C)(C)[Si]([K])([Si](C)(C)C)[Si](C)(C)C. The molecule has 0 saturated heterocycles. The second-order valence-electron chi connectivity index (χ2n) is 7.88. The van der Waals surface area contributed by atoms with Crippen molar-refractivity contribution in [1.29, 1.82) is 0 Å². The zero-order chi connectivity index (χ0) is 12.0. The van der Waals surface area contributed by atoms with Crippen LogP contribution < -0.4 is 0 Å². The average Bonchev–Trinajstić information content (AvgIpc) is 1.77. The van der Waals surface area contributed by atoms with Crippen LogP contribution in [0, 0.1) is 0 Å². The van der Waals surface area contributed by atoms with Crippen LogP contribution in [0.3, 0.4) is 0 Å². The molecule has 14 heavy (non-hydrogen) atoms. The Bertz CT molecular complexity index is 170. The van der Waals surface area contributed by atoms with E-state index in [1.54, 1.807) is 0 Å². The van der Waals surface area contributed by atoms with Gasteiger partial charge in [-0.1, -0.05) is 0 Å². The Morgan fingerprint density at radius 2 is 0.643 bits per heavy atom. The van der Waals surface area contributed by atoms with Crippen LogP contribution in [0.4, 0.5) is 0 Å². The summed E-state index contributed by atoms with van der Waals surface area (Å²) < 4.78 is -0.750. The second kappa shape index (κ2) is 4.64. The number of hydrogen-bond donors (Lipinski definition) is 0. The normalized spacial score (nSPS) is 15.9. The Morgan fingerprint density at radius 1 is 0.500 bits per heavy atom. The molecule has 0 spiro atoms. The van der Waals surface area contributed by atoms with Crippen LogP contribution in [-0.4, -0.2) is 69.8 Å². The van der Waals surface area contributed by atoms with Crippen LogP contribution in [0.5, 0.6) is 0 Å². The van der Waals surface area contributed by atoms with E-state index in [-0.39, 0.29) is 0 Å². The Balaban J connectivity index is 5.54. The van der Waals surface area contributed by atoms with Gasteiger partial charge in [0.25, 0.3) is 0 Å². The van der Waals surface area contributed by atoms with Gasteiger partial charge in [0.2, 0.25) is 0 Å². The first kappa shape index (κ1) is 16.5. The quantitative estimate of drug-likeness (QED) is 0.698. The summed E-state index contributed by atoms with van der Waals surface area (Å²) in [6.45, 7) is 24.1. The summed E-state index contributed by atoms with van der Waals surface area (Å²) in [6.07, 6.45) is 0. The Labute approximate surface area is 126 Å². The molecular weight excluding hydrogens is 260 g/mol. The van der Waals surface area contributed by atoms with Crippen molar-refractivity contribution in [3.8, 4) is 0 Å². The van der Waals surface area contributed by atoms with Crippen LogP contribution in [0.1, 0.15) is 0 Å². The Kier molecular flexibility index (Phi) is 5.47. The summed E-state index contributed by atoms with van der Waals surface area (Å²) in [5.74, 6) is 0. The van der Waals surface area contributed by atoms with Gasteiger partial charge in [-0.25, -0.2) is 0 Å². The third-order valence-electron chi connectivity index (χ3n) is 4.50. The predicted octanol–water partition coefficient (Wildman–Crippen LogP) is 3.35. The maximum absolute atomic E-state index is 2.68. The fourth-order valence-electron chi connectivity index (χ4n) is 3.38. The molecule has 0 N–H and O–H groups in total. The molecule has 0 saturated carbocycles. The van der Waals surface area contributed by atoms with Gasteiger partial charge in [0.05, 0.1) is 0 Å². The van der Waals surface area contributed by atoms with E-state index in [1.807, 2.05) is 0 Å². The van der Waals surface area contributed by atoms with Crippen molar-refractivity contribution in [3.63, 3.8) is 0 Å². The van der Waals surface area contributed by atoms with Gasteiger partial charge >= 0.3 is 129 Å². The Hall–Kier alpha value is 2.50. The van der Waals surface area contributed by atoms with Crippen molar-refractivity contribution in [2.24, 2.45) is 0 Å². The summed E-state index contributed by atoms with van der Waals surface area (Å²) in [6, 6.07) is 0. The molecule has 0 rings (SSSR count). The summed E-state index contributed by atoms with van der Waals surface area (Å²) >= 11 is 1.15. The number of hydrogen-bond acceptors (Lipinski definition) is 0. The molecule has 80 valence electrons. The third-order valence-corrected chi connectivity index (χ3v) is 144. The first-order valence-corrected chi connectivity index (χ1v) is 26.4. The van der Waals surface area contributed by atoms with E-state index in [9.17, 15) is 0 Å². The van der Waals surface area contributed by atoms with Gasteiger partial charge in [-0.3, -0.25) is 0 Å². The molecule has 0 atom stereocenters. The summed E-state index contributed by atoms with van der Waals surface area (Å²) in [5.41, 5.74) is 0. The van der Waals surface area contributed by atoms with Gasteiger partial charge in [0, 0.05) is 0 Å². The summed E-state index contributed by atoms with van der Waals surface area (Å²) in [5, 5.41) is 0. The molecule has 0 aromatic rings. The molecule has 0 amide bonds. The molecule has 0 aromatic carbocycles. The van der Waals surface area contributed by atoms with Gasteiger partial charge in [0.15, 0.2) is 0 Å². The Morgan fingerprint density at radius 3 is 0.643 bits per heavy atom. The minimum atomic E-state index is -0.836. The van der Waals surface area contributed by atoms with E-state index in [2.05, 4.69) is 58.9 Å². The molecular formula is C9H27KSi4. The average molecular weight is 287 g/mol. The van der Waals surface area contributed by atoms with Crippen LogP contribution in [0.2, 0.25) is 58.9 Å². The first-order chi connectivity index (χ1) is 5.75. The molecule has 0 unspecified atom stereocenters. The molecule has 0 bridgehead atoms. The zero-order valence-electron chi connectivity index (χ0n) is 12.0. The van der Waals surface area contributed by atoms with Crippen molar-refractivity contribution >= 4 is 69.8 Å². The van der Waals surface area contributed by atoms with Crippen molar-refractivity contribution in [2.75, 3.05) is 0 Å². The van der Waals surface area contributed by atoms with Crippen molar-refractivity contribution in [1.82, 2.24) is 0 Å². The standard InChI is InChI=1S/C9H27Si4.K/c1-11(2,3)10(12(4,5)6)13(7,8)9;/h1-9H3;. The van der Waals surface area contributed by atoms with E-state index in [0.29, 0.717) is 0 Å². The first-order valence-electron chi connectivity index (χ1n) is 5.75. The molecule has 5 heteroatoms. The van der Waals surface area contributed by atoms with Gasteiger partial charge in [-0.05, 0) is 0 Å². The van der Waals surface area contributed by atoms with E-state index < -0.39 is 22.1 Å². The van der Waals surface area contributed by atoms with E-state index in [4.69, 9.17) is 0 Å². The molecule has 0 aliphatic heterocycles. The summed E-state index contributed by atoms with van der Waals surface area (Å²) in [4.78, 5) is 0. The maximum atomic E-state index is 2.68. The molecule has 0 aliphatic carbocycles. The van der Waals surface area contributed by atoms with Crippen LogP contribution in [0.25, 0.3) is 0 Å². The second-order valence-corrected chi connectivity index (χ2v) is 71.7. The fraction of sp³-hybridized carbons (Fsp3) is 1.00. The fourth-order valence-corrected chi connectivity index (χ4v) is 91.1. The molecule has 0 fully saturated rings. The number of rotatable bonds is 3. The van der Waals surface area contributed by atoms with Crippen molar-refractivity contribution in [3.05, 3.63) is 0 Å². The van der Waals surface area contributed by atoms with Gasteiger partial charge < -0.3 is 0 Å². The molecule has 0 heterocycles. The van der Waals surface area contributed by atoms with Gasteiger partial charge in [-0.15, -0.1) is 0 Å². The zero-order valence-corrected chi connectivity index (χ0v) is 19.1. The predicted molar refractivity (Wildman–Crippen MR) is 81.5 cm³/mol. The van der Waals surface area contributed by atoms with Crippen LogP contribution in [-0.2, 0) is 0 Å². The minimum absolute atomic E-state index is 0.750. The monoisotopic (exact) mass is 286 g/mol. The molecule has 0 radical (unpaired) electrons. The van der Waals surface area contributed by atoms with Crippen LogP contribution >= 0.6 is 0 Å². The van der Waals surface area contributed by atoms with E-state index in [1.165, 1.54) is 0 Å². The van der Waals surface area contributed by atoms with Gasteiger partial charge in [0.1, 0.15) is 0 Å². The van der Waals surface area contributed by atoms with Crippen molar-refractivity contribution < 1.29 is 0 Å². The van der Waals surface area contributed by atoms with Gasteiger partial charge in [-0.2, -0.15) is 0 Å². The van der Waals surface area contributed by atoms with E-state index in [0.717, 1.165) is 47.7 Å². The molecule has 0 nitrogen and oxygen atoms in total. The molecule has 0 aromatic heterocycles. The topological polar surface area (TPSA) is 0 Å². The van der Waals surface area contributed by atoms with E-state index >= 15 is 0 Å². The van der Waals surface area contributed by atoms with Crippen LogP contribution in [0.15, 0.2) is 0 Å².